The molecule has 6 heteroatoms. The van der Waals surface area contributed by atoms with Crippen LogP contribution in [-0.2, 0) is 17.3 Å². The maximum atomic E-state index is 11.2. The van der Waals surface area contributed by atoms with E-state index in [1.807, 2.05) is 24.3 Å². The van der Waals surface area contributed by atoms with E-state index in [4.69, 9.17) is 10.5 Å². The summed E-state index contributed by atoms with van der Waals surface area (Å²) in [5, 5.41) is 9.97. The summed E-state index contributed by atoms with van der Waals surface area (Å²) in [5.74, 6) is 2.14. The molecule has 0 aromatic heterocycles. The van der Waals surface area contributed by atoms with Crippen LogP contribution in [0.25, 0.3) is 0 Å². The van der Waals surface area contributed by atoms with Crippen LogP contribution < -0.4 is 10.5 Å². The summed E-state index contributed by atoms with van der Waals surface area (Å²) in [6, 6.07) is 7.56. The van der Waals surface area contributed by atoms with Gasteiger partial charge < -0.3 is 15.6 Å². The Kier molecular flexibility index (Phi) is 5.97. The number of hydrogen-bond donors (Lipinski definition) is 2. The van der Waals surface area contributed by atoms with Crippen LogP contribution in [0.2, 0.25) is 0 Å². The Morgan fingerprint density at radius 1 is 1.30 bits per heavy atom. The van der Waals surface area contributed by atoms with Crippen LogP contribution in [0.1, 0.15) is 5.56 Å². The van der Waals surface area contributed by atoms with E-state index in [1.165, 1.54) is 0 Å². The van der Waals surface area contributed by atoms with Gasteiger partial charge in [0.05, 0.1) is 0 Å². The molecular formula is C14H22N2O3S. The van der Waals surface area contributed by atoms with E-state index in [2.05, 4.69) is 4.90 Å². The number of aliphatic hydroxyl groups is 1. The van der Waals surface area contributed by atoms with Gasteiger partial charge in [0.25, 0.3) is 0 Å². The fourth-order valence-corrected chi connectivity index (χ4v) is 3.25. The van der Waals surface area contributed by atoms with Crippen LogP contribution in [-0.4, -0.2) is 58.1 Å². The first-order valence-corrected chi connectivity index (χ1v) is 8.33. The van der Waals surface area contributed by atoms with Crippen LogP contribution in [0.3, 0.4) is 0 Å². The van der Waals surface area contributed by atoms with E-state index in [9.17, 15) is 9.32 Å². The molecular weight excluding hydrogens is 276 g/mol. The molecule has 1 fully saturated rings. The van der Waals surface area contributed by atoms with Gasteiger partial charge in [-0.2, -0.15) is 0 Å². The molecule has 112 valence electrons. The van der Waals surface area contributed by atoms with E-state index in [0.29, 0.717) is 24.6 Å². The number of β-amino-alcohol motifs (C(OH)–C–C–N with tert-alkyl or cyclic N) is 1. The third-order valence-corrected chi connectivity index (χ3v) is 4.62. The van der Waals surface area contributed by atoms with Crippen LogP contribution in [0, 0.1) is 0 Å². The lowest BCUT2D eigenvalue weighted by atomic mass is 10.2. The summed E-state index contributed by atoms with van der Waals surface area (Å²) < 4.78 is 16.8. The van der Waals surface area contributed by atoms with Crippen molar-refractivity contribution in [1.29, 1.82) is 0 Å². The minimum Gasteiger partial charge on any atom is -0.491 e. The molecule has 0 radical (unpaired) electrons. The predicted molar refractivity (Wildman–Crippen MR) is 80.2 cm³/mol. The molecule has 1 atom stereocenters. The van der Waals surface area contributed by atoms with Crippen LogP contribution in [0.5, 0.6) is 5.75 Å². The summed E-state index contributed by atoms with van der Waals surface area (Å²) >= 11 is 0. The average Bonchev–Trinajstić information content (AvgIpc) is 2.48. The zero-order valence-electron chi connectivity index (χ0n) is 11.5. The van der Waals surface area contributed by atoms with Gasteiger partial charge in [0.1, 0.15) is 18.5 Å². The topological polar surface area (TPSA) is 75.8 Å². The highest BCUT2D eigenvalue weighted by Gasteiger charge is 2.18. The standard InChI is InChI=1S/C14H22N2O3S/c15-9-12-1-3-14(4-2-12)19-11-13(17)10-16-5-7-20(18)8-6-16/h1-4,13,17H,5-11,15H2. The molecule has 1 saturated heterocycles. The minimum absolute atomic E-state index is 0.265. The molecule has 0 amide bonds. The summed E-state index contributed by atoms with van der Waals surface area (Å²) in [6.07, 6.45) is -0.532. The molecule has 0 aliphatic carbocycles. The summed E-state index contributed by atoms with van der Waals surface area (Å²) in [5.41, 5.74) is 6.58. The van der Waals surface area contributed by atoms with Gasteiger partial charge in [-0.15, -0.1) is 0 Å². The molecule has 1 heterocycles. The van der Waals surface area contributed by atoms with Gasteiger partial charge in [-0.05, 0) is 17.7 Å². The largest absolute Gasteiger partial charge is 0.491 e. The fourth-order valence-electron chi connectivity index (χ4n) is 2.12. The zero-order chi connectivity index (χ0) is 14.4. The van der Waals surface area contributed by atoms with Crippen molar-refractivity contribution in [1.82, 2.24) is 4.90 Å². The van der Waals surface area contributed by atoms with Crippen LogP contribution >= 0.6 is 0 Å². The molecule has 3 N–H and O–H groups in total. The minimum atomic E-state index is -0.677. The van der Waals surface area contributed by atoms with Crippen molar-refractivity contribution in [2.24, 2.45) is 5.73 Å². The number of nitrogens with two attached hydrogens (primary N) is 1. The van der Waals surface area contributed by atoms with E-state index in [-0.39, 0.29) is 6.61 Å². The Morgan fingerprint density at radius 3 is 2.55 bits per heavy atom. The molecule has 20 heavy (non-hydrogen) atoms. The maximum absolute atomic E-state index is 11.2. The third-order valence-electron chi connectivity index (χ3n) is 3.34. The molecule has 5 nitrogen and oxygen atoms in total. The number of nitrogens with zero attached hydrogens (tertiary/aromatic N) is 1. The van der Waals surface area contributed by atoms with Gasteiger partial charge >= 0.3 is 0 Å². The molecule has 1 aliphatic rings. The zero-order valence-corrected chi connectivity index (χ0v) is 12.3. The van der Waals surface area contributed by atoms with E-state index >= 15 is 0 Å². The molecule has 1 unspecified atom stereocenters. The highest BCUT2D eigenvalue weighted by Crippen LogP contribution is 2.12. The molecule has 0 saturated carbocycles. The Bertz CT molecular complexity index is 429. The van der Waals surface area contributed by atoms with E-state index < -0.39 is 16.9 Å². The molecule has 0 spiro atoms. The Balaban J connectivity index is 1.71. The number of hydrogen-bond acceptors (Lipinski definition) is 5. The fraction of sp³-hybridized carbons (Fsp3) is 0.571. The van der Waals surface area contributed by atoms with E-state index in [1.54, 1.807) is 0 Å². The SMILES string of the molecule is NCc1ccc(OCC(O)CN2CCS(=O)CC2)cc1. The molecule has 2 rings (SSSR count). The Labute approximate surface area is 122 Å². The van der Waals surface area contributed by atoms with Gasteiger partial charge in [-0.1, -0.05) is 12.1 Å². The Hall–Kier alpha value is -0.950. The second kappa shape index (κ2) is 7.73. The van der Waals surface area contributed by atoms with Crippen molar-refractivity contribution in [3.8, 4) is 5.75 Å². The second-order valence-corrected chi connectivity index (χ2v) is 6.66. The van der Waals surface area contributed by atoms with Crippen molar-refractivity contribution in [3.63, 3.8) is 0 Å². The van der Waals surface area contributed by atoms with Gasteiger partial charge in [-0.3, -0.25) is 9.11 Å². The first-order chi connectivity index (χ1) is 9.67. The molecule has 1 aliphatic heterocycles. The van der Waals surface area contributed by atoms with Crippen molar-refractivity contribution in [2.45, 2.75) is 12.6 Å². The quantitative estimate of drug-likeness (QED) is 0.770. The van der Waals surface area contributed by atoms with Gasteiger partial charge in [0, 0.05) is 48.5 Å². The highest BCUT2D eigenvalue weighted by atomic mass is 32.2. The van der Waals surface area contributed by atoms with Gasteiger partial charge in [0.2, 0.25) is 0 Å². The number of benzene rings is 1. The van der Waals surface area contributed by atoms with Gasteiger partial charge in [-0.25, -0.2) is 0 Å². The van der Waals surface area contributed by atoms with Gasteiger partial charge in [0.15, 0.2) is 0 Å². The lowest BCUT2D eigenvalue weighted by molar-refractivity contribution is 0.0713. The monoisotopic (exact) mass is 298 g/mol. The van der Waals surface area contributed by atoms with Crippen LogP contribution in [0.4, 0.5) is 0 Å². The number of ether oxygens (including phenoxy) is 1. The van der Waals surface area contributed by atoms with Crippen molar-refractivity contribution >= 4 is 10.8 Å². The lowest BCUT2D eigenvalue weighted by Gasteiger charge is -2.28. The second-order valence-electron chi connectivity index (χ2n) is 4.96. The summed E-state index contributed by atoms with van der Waals surface area (Å²) in [6.45, 7) is 2.92. The van der Waals surface area contributed by atoms with Crippen molar-refractivity contribution < 1.29 is 14.1 Å². The van der Waals surface area contributed by atoms with Crippen molar-refractivity contribution in [2.75, 3.05) is 37.7 Å². The van der Waals surface area contributed by atoms with E-state index in [0.717, 1.165) is 24.4 Å². The smallest absolute Gasteiger partial charge is 0.119 e. The first kappa shape index (κ1) is 15.4. The summed E-state index contributed by atoms with van der Waals surface area (Å²) in [7, 11) is -0.677. The molecule has 1 aromatic carbocycles. The highest BCUT2D eigenvalue weighted by molar-refractivity contribution is 7.85. The Morgan fingerprint density at radius 2 is 1.95 bits per heavy atom. The maximum Gasteiger partial charge on any atom is 0.119 e. The summed E-state index contributed by atoms with van der Waals surface area (Å²) in [4.78, 5) is 2.13. The first-order valence-electron chi connectivity index (χ1n) is 6.84. The lowest BCUT2D eigenvalue weighted by Crippen LogP contribution is -2.43. The number of rotatable bonds is 6. The number of aliphatic hydroxyl groups excluding tert-OH is 1. The molecule has 0 bridgehead atoms. The average molecular weight is 298 g/mol. The normalized spacial score (nSPS) is 18.9. The molecule has 1 aromatic rings. The van der Waals surface area contributed by atoms with Crippen molar-refractivity contribution in [3.05, 3.63) is 29.8 Å². The van der Waals surface area contributed by atoms with Crippen LogP contribution in [0.15, 0.2) is 24.3 Å². The third kappa shape index (κ3) is 4.86. The predicted octanol–water partition coefficient (Wildman–Crippen LogP) is -0.0507.